The minimum Gasteiger partial charge on any atom is -0.467 e. The van der Waals surface area contributed by atoms with Crippen molar-refractivity contribution in [3.05, 3.63) is 23.3 Å². The molecule has 0 radical (unpaired) electrons. The Morgan fingerprint density at radius 2 is 2.20 bits per heavy atom. The van der Waals surface area contributed by atoms with Crippen molar-refractivity contribution in [2.45, 2.75) is 58.3 Å². The van der Waals surface area contributed by atoms with Gasteiger partial charge < -0.3 is 15.2 Å². The Bertz CT molecular complexity index is 490. The van der Waals surface area contributed by atoms with E-state index in [0.717, 1.165) is 23.5 Å². The van der Waals surface area contributed by atoms with Gasteiger partial charge in [0.25, 0.3) is 0 Å². The first-order chi connectivity index (χ1) is 9.69. The molecule has 0 amide bonds. The zero-order chi connectivity index (χ0) is 14.1. The van der Waals surface area contributed by atoms with Crippen molar-refractivity contribution in [2.75, 3.05) is 12.5 Å². The van der Waals surface area contributed by atoms with Gasteiger partial charge in [-0.1, -0.05) is 6.92 Å². The molecule has 0 aliphatic carbocycles. The van der Waals surface area contributed by atoms with Gasteiger partial charge in [-0.15, -0.1) is 0 Å². The average Bonchev–Trinajstić information content (AvgIpc) is 2.79. The molecule has 2 heterocycles. The van der Waals surface area contributed by atoms with E-state index in [1.54, 1.807) is 0 Å². The van der Waals surface area contributed by atoms with Gasteiger partial charge in [-0.25, -0.2) is 0 Å². The van der Waals surface area contributed by atoms with Crippen molar-refractivity contribution >= 4 is 5.69 Å². The van der Waals surface area contributed by atoms with Crippen LogP contribution in [0.5, 0.6) is 5.75 Å². The molecule has 4 heteroatoms. The van der Waals surface area contributed by atoms with E-state index < -0.39 is 0 Å². The van der Waals surface area contributed by atoms with E-state index in [1.807, 2.05) is 6.07 Å². The number of nitrogen functional groups attached to an aromatic ring is 1. The number of anilines is 1. The third-order valence-corrected chi connectivity index (χ3v) is 4.59. The highest BCUT2D eigenvalue weighted by Gasteiger charge is 2.30. The number of hydrogen-bond donors (Lipinski definition) is 1. The van der Waals surface area contributed by atoms with Crippen LogP contribution >= 0.6 is 0 Å². The molecule has 2 N–H and O–H groups in total. The van der Waals surface area contributed by atoms with Crippen LogP contribution in [0.3, 0.4) is 0 Å². The Morgan fingerprint density at radius 1 is 1.35 bits per heavy atom. The van der Waals surface area contributed by atoms with Gasteiger partial charge in [0, 0.05) is 35.4 Å². The molecule has 0 bridgehead atoms. The fourth-order valence-electron chi connectivity index (χ4n) is 3.49. The van der Waals surface area contributed by atoms with Crippen molar-refractivity contribution < 1.29 is 9.47 Å². The van der Waals surface area contributed by atoms with Gasteiger partial charge in [0.1, 0.15) is 5.75 Å². The van der Waals surface area contributed by atoms with Crippen LogP contribution in [-0.2, 0) is 17.9 Å². The van der Waals surface area contributed by atoms with Gasteiger partial charge in [0.05, 0.1) is 6.61 Å². The largest absolute Gasteiger partial charge is 0.467 e. The van der Waals surface area contributed by atoms with Crippen molar-refractivity contribution in [2.24, 2.45) is 0 Å². The SMILES string of the molecule is CCC1CCC(C)N1Cc1cc(N)cc2c1OCOC2. The monoisotopic (exact) mass is 276 g/mol. The lowest BCUT2D eigenvalue weighted by molar-refractivity contribution is -0.0176. The molecule has 1 saturated heterocycles. The Labute approximate surface area is 120 Å². The summed E-state index contributed by atoms with van der Waals surface area (Å²) < 4.78 is 11.1. The molecule has 3 rings (SSSR count). The Hall–Kier alpha value is -1.26. The predicted molar refractivity (Wildman–Crippen MR) is 79.5 cm³/mol. The normalized spacial score (nSPS) is 26.3. The molecule has 1 aromatic rings. The second-order valence-electron chi connectivity index (χ2n) is 5.94. The van der Waals surface area contributed by atoms with Crippen LogP contribution in [0.2, 0.25) is 0 Å². The van der Waals surface area contributed by atoms with Gasteiger partial charge in [0.15, 0.2) is 6.79 Å². The average molecular weight is 276 g/mol. The molecule has 4 nitrogen and oxygen atoms in total. The maximum absolute atomic E-state index is 6.03. The predicted octanol–water partition coefficient (Wildman–Crippen LogP) is 2.90. The van der Waals surface area contributed by atoms with Crippen molar-refractivity contribution in [1.29, 1.82) is 0 Å². The van der Waals surface area contributed by atoms with Gasteiger partial charge in [-0.3, -0.25) is 4.90 Å². The van der Waals surface area contributed by atoms with Gasteiger partial charge in [-0.2, -0.15) is 0 Å². The molecule has 20 heavy (non-hydrogen) atoms. The molecule has 0 aromatic heterocycles. The molecular formula is C16H24N2O2. The van der Waals surface area contributed by atoms with Gasteiger partial charge in [0.2, 0.25) is 0 Å². The van der Waals surface area contributed by atoms with E-state index in [4.69, 9.17) is 15.2 Å². The second kappa shape index (κ2) is 5.62. The van der Waals surface area contributed by atoms with Crippen LogP contribution in [0.15, 0.2) is 12.1 Å². The topological polar surface area (TPSA) is 47.7 Å². The standard InChI is InChI=1S/C16H24N2O2/c1-3-15-5-4-11(2)18(15)8-12-6-14(17)7-13-9-19-10-20-16(12)13/h6-7,11,15H,3-5,8-10,17H2,1-2H3. The molecule has 1 aromatic carbocycles. The number of rotatable bonds is 3. The van der Waals surface area contributed by atoms with Crippen LogP contribution in [0.25, 0.3) is 0 Å². The van der Waals surface area contributed by atoms with Crippen molar-refractivity contribution in [3.63, 3.8) is 0 Å². The summed E-state index contributed by atoms with van der Waals surface area (Å²) in [5.74, 6) is 0.986. The number of fused-ring (bicyclic) bond motifs is 1. The number of nitrogens with two attached hydrogens (primary N) is 1. The first kappa shape index (κ1) is 13.7. The van der Waals surface area contributed by atoms with Crippen LogP contribution in [-0.4, -0.2) is 23.8 Å². The molecule has 2 aliphatic heterocycles. The lowest BCUT2D eigenvalue weighted by Gasteiger charge is -2.30. The third-order valence-electron chi connectivity index (χ3n) is 4.59. The van der Waals surface area contributed by atoms with Crippen LogP contribution in [0, 0.1) is 0 Å². The first-order valence-electron chi connectivity index (χ1n) is 7.56. The Balaban J connectivity index is 1.88. The number of hydrogen-bond acceptors (Lipinski definition) is 4. The summed E-state index contributed by atoms with van der Waals surface area (Å²) in [6.45, 7) is 6.46. The molecule has 1 fully saturated rings. The van der Waals surface area contributed by atoms with E-state index in [0.29, 0.717) is 25.5 Å². The van der Waals surface area contributed by atoms with Crippen molar-refractivity contribution in [1.82, 2.24) is 4.90 Å². The molecule has 2 atom stereocenters. The lowest BCUT2D eigenvalue weighted by Crippen LogP contribution is -2.34. The van der Waals surface area contributed by atoms with Crippen LogP contribution in [0.1, 0.15) is 44.2 Å². The van der Waals surface area contributed by atoms with E-state index in [9.17, 15) is 0 Å². The summed E-state index contributed by atoms with van der Waals surface area (Å²) >= 11 is 0. The highest BCUT2D eigenvalue weighted by Crippen LogP contribution is 2.35. The van der Waals surface area contributed by atoms with Crippen LogP contribution in [0.4, 0.5) is 5.69 Å². The zero-order valence-corrected chi connectivity index (χ0v) is 12.4. The maximum atomic E-state index is 6.03. The van der Waals surface area contributed by atoms with Crippen LogP contribution < -0.4 is 10.5 Å². The van der Waals surface area contributed by atoms with E-state index in [2.05, 4.69) is 24.8 Å². The summed E-state index contributed by atoms with van der Waals surface area (Å²) in [7, 11) is 0. The molecule has 0 saturated carbocycles. The number of ether oxygens (including phenoxy) is 2. The lowest BCUT2D eigenvalue weighted by atomic mass is 10.1. The van der Waals surface area contributed by atoms with Gasteiger partial charge >= 0.3 is 0 Å². The second-order valence-corrected chi connectivity index (χ2v) is 5.94. The fraction of sp³-hybridized carbons (Fsp3) is 0.625. The highest BCUT2D eigenvalue weighted by atomic mass is 16.7. The molecule has 2 unspecified atom stereocenters. The van der Waals surface area contributed by atoms with E-state index >= 15 is 0 Å². The third kappa shape index (κ3) is 2.50. The number of likely N-dealkylation sites (tertiary alicyclic amines) is 1. The minimum absolute atomic E-state index is 0.344. The molecular weight excluding hydrogens is 252 g/mol. The molecule has 2 aliphatic rings. The fourth-order valence-corrected chi connectivity index (χ4v) is 3.49. The Morgan fingerprint density at radius 3 is 3.00 bits per heavy atom. The molecule has 110 valence electrons. The minimum atomic E-state index is 0.344. The number of benzene rings is 1. The molecule has 0 spiro atoms. The summed E-state index contributed by atoms with van der Waals surface area (Å²) in [5.41, 5.74) is 9.11. The zero-order valence-electron chi connectivity index (χ0n) is 12.4. The summed E-state index contributed by atoms with van der Waals surface area (Å²) in [6, 6.07) is 5.34. The van der Waals surface area contributed by atoms with Crippen molar-refractivity contribution in [3.8, 4) is 5.75 Å². The maximum Gasteiger partial charge on any atom is 0.189 e. The van der Waals surface area contributed by atoms with E-state index in [1.165, 1.54) is 24.8 Å². The smallest absolute Gasteiger partial charge is 0.189 e. The first-order valence-corrected chi connectivity index (χ1v) is 7.56. The summed E-state index contributed by atoms with van der Waals surface area (Å²) in [6.07, 6.45) is 3.79. The number of nitrogens with zero attached hydrogens (tertiary/aromatic N) is 1. The summed E-state index contributed by atoms with van der Waals surface area (Å²) in [4.78, 5) is 2.59. The quantitative estimate of drug-likeness (QED) is 0.862. The highest BCUT2D eigenvalue weighted by molar-refractivity contribution is 5.53. The van der Waals surface area contributed by atoms with Gasteiger partial charge in [-0.05, 0) is 38.3 Å². The van der Waals surface area contributed by atoms with E-state index in [-0.39, 0.29) is 0 Å². The Kier molecular flexibility index (Phi) is 3.85. The summed E-state index contributed by atoms with van der Waals surface area (Å²) in [5, 5.41) is 0.